The van der Waals surface area contributed by atoms with E-state index in [1.165, 1.54) is 6.33 Å². The number of ether oxygens (including phenoxy) is 1. The zero-order chi connectivity index (χ0) is 23.8. The van der Waals surface area contributed by atoms with Crippen LogP contribution in [-0.4, -0.2) is 30.6 Å². The van der Waals surface area contributed by atoms with Gasteiger partial charge in [-0.15, -0.1) is 0 Å². The molecule has 0 aliphatic carbocycles. The third kappa shape index (κ3) is 4.09. The van der Waals surface area contributed by atoms with Gasteiger partial charge in [-0.05, 0) is 29.8 Å². The minimum absolute atomic E-state index is 0.119. The maximum atomic E-state index is 14.3. The summed E-state index contributed by atoms with van der Waals surface area (Å²) in [5.74, 6) is -1.75. The average molecular weight is 465 g/mol. The Balaban J connectivity index is 1.34. The van der Waals surface area contributed by atoms with Gasteiger partial charge in [0.2, 0.25) is 5.88 Å². The number of nitrogens with zero attached hydrogens (tertiary/aromatic N) is 5. The van der Waals surface area contributed by atoms with Crippen LogP contribution >= 0.6 is 0 Å². The number of alkyl halides is 2. The molecule has 0 saturated heterocycles. The number of fused-ring (bicyclic) bond motifs is 1. The maximum Gasteiger partial charge on any atom is 0.263 e. The van der Waals surface area contributed by atoms with Crippen molar-refractivity contribution in [3.8, 4) is 22.9 Å². The first kappa shape index (κ1) is 21.6. The number of hydrogen-bond donors (Lipinski definition) is 0. The van der Waals surface area contributed by atoms with Gasteiger partial charge in [-0.2, -0.15) is 5.10 Å². The molecule has 1 aliphatic rings. The van der Waals surface area contributed by atoms with Crippen LogP contribution in [0.5, 0.6) is 11.6 Å². The summed E-state index contributed by atoms with van der Waals surface area (Å²) >= 11 is 0. The molecule has 0 saturated carbocycles. The van der Waals surface area contributed by atoms with Crippen molar-refractivity contribution in [3.05, 3.63) is 89.3 Å². The van der Waals surface area contributed by atoms with Crippen molar-refractivity contribution < 1.29 is 22.7 Å². The second kappa shape index (κ2) is 8.62. The van der Waals surface area contributed by atoms with Gasteiger partial charge in [-0.3, -0.25) is 9.48 Å². The molecule has 0 atom stereocenters. The molecule has 0 bridgehead atoms. The Bertz CT molecular complexity index is 1370. The van der Waals surface area contributed by atoms with E-state index in [1.807, 2.05) is 43.6 Å². The smallest absolute Gasteiger partial charge is 0.263 e. The fraction of sp³-hybridized carbons (Fsp3) is 0.167. The van der Waals surface area contributed by atoms with Crippen LogP contribution < -0.4 is 4.74 Å². The topological polar surface area (TPSA) is 73.1 Å². The van der Waals surface area contributed by atoms with Crippen LogP contribution in [0, 0.1) is 5.82 Å². The fourth-order valence-corrected chi connectivity index (χ4v) is 3.76. The largest absolute Gasteiger partial charge is 0.435 e. The van der Waals surface area contributed by atoms with Gasteiger partial charge in [0, 0.05) is 30.9 Å². The zero-order valence-electron chi connectivity index (χ0n) is 18.0. The average Bonchev–Trinajstić information content (AvgIpc) is 3.39. The number of carbonyl (C=O) groups excluding carboxylic acids is 1. The first-order chi connectivity index (χ1) is 16.4. The molecule has 34 heavy (non-hydrogen) atoms. The second-order valence-electron chi connectivity index (χ2n) is 7.83. The minimum atomic E-state index is -2.81. The number of halogens is 3. The van der Waals surface area contributed by atoms with Gasteiger partial charge < -0.3 is 9.64 Å². The third-order valence-electron chi connectivity index (χ3n) is 5.48. The first-order valence-corrected chi connectivity index (χ1v) is 10.4. The second-order valence-corrected chi connectivity index (χ2v) is 7.83. The predicted octanol–water partition coefficient (Wildman–Crippen LogP) is 4.90. The lowest BCUT2D eigenvalue weighted by Gasteiger charge is -2.15. The van der Waals surface area contributed by atoms with Crippen LogP contribution in [0.1, 0.15) is 33.6 Å². The SMILES string of the molecule is Cn1ccc(-c2ccc(CN3Cc4ncnc(Oc5ccc(C(F)F)cc5F)c4C3=O)cc2)n1. The fourth-order valence-electron chi connectivity index (χ4n) is 3.76. The van der Waals surface area contributed by atoms with Gasteiger partial charge in [0.15, 0.2) is 11.6 Å². The summed E-state index contributed by atoms with van der Waals surface area (Å²) in [6, 6.07) is 12.5. The minimum Gasteiger partial charge on any atom is -0.435 e. The van der Waals surface area contributed by atoms with E-state index in [0.29, 0.717) is 18.3 Å². The lowest BCUT2D eigenvalue weighted by atomic mass is 10.1. The van der Waals surface area contributed by atoms with Crippen molar-refractivity contribution in [3.63, 3.8) is 0 Å². The van der Waals surface area contributed by atoms with Crippen LogP contribution in [0.3, 0.4) is 0 Å². The molecule has 7 nitrogen and oxygen atoms in total. The van der Waals surface area contributed by atoms with Crippen LogP contribution in [0.2, 0.25) is 0 Å². The Labute approximate surface area is 192 Å². The van der Waals surface area contributed by atoms with Gasteiger partial charge in [0.05, 0.1) is 17.9 Å². The van der Waals surface area contributed by atoms with E-state index in [0.717, 1.165) is 29.0 Å². The lowest BCUT2D eigenvalue weighted by molar-refractivity contribution is 0.0764. The van der Waals surface area contributed by atoms with Crippen molar-refractivity contribution in [2.75, 3.05) is 0 Å². The number of carbonyl (C=O) groups is 1. The Hall–Kier alpha value is -4.21. The van der Waals surface area contributed by atoms with Gasteiger partial charge in [0.1, 0.15) is 11.9 Å². The summed E-state index contributed by atoms with van der Waals surface area (Å²) in [7, 11) is 1.85. The quantitative estimate of drug-likeness (QED) is 0.405. The van der Waals surface area contributed by atoms with E-state index in [9.17, 15) is 18.0 Å². The molecule has 0 N–H and O–H groups in total. The summed E-state index contributed by atoms with van der Waals surface area (Å²) < 4.78 is 47.1. The molecule has 3 heterocycles. The third-order valence-corrected chi connectivity index (χ3v) is 5.48. The molecule has 5 rings (SSSR count). The Morgan fingerprint density at radius 1 is 1.09 bits per heavy atom. The molecule has 0 unspecified atom stereocenters. The van der Waals surface area contributed by atoms with Crippen molar-refractivity contribution in [1.82, 2.24) is 24.6 Å². The Morgan fingerprint density at radius 3 is 2.56 bits per heavy atom. The molecule has 1 aliphatic heterocycles. The monoisotopic (exact) mass is 465 g/mol. The highest BCUT2D eigenvalue weighted by Crippen LogP contribution is 2.33. The highest BCUT2D eigenvalue weighted by Gasteiger charge is 2.33. The zero-order valence-corrected chi connectivity index (χ0v) is 18.0. The van der Waals surface area contributed by atoms with Crippen LogP contribution in [0.25, 0.3) is 11.3 Å². The van der Waals surface area contributed by atoms with Crippen LogP contribution in [0.15, 0.2) is 61.1 Å². The molecule has 10 heteroatoms. The standard InChI is InChI=1S/C24H18F3N5O2/c1-31-9-8-18(30-31)15-4-2-14(3-5-15)11-32-12-19-21(24(32)33)23(29-13-28-19)34-20-7-6-16(22(26)27)10-17(20)25/h2-10,13,22H,11-12H2,1H3. The summed E-state index contributed by atoms with van der Waals surface area (Å²) in [6.07, 6.45) is 0.279. The molecule has 0 fully saturated rings. The number of aromatic nitrogens is 4. The molecule has 1 amide bonds. The molecule has 172 valence electrons. The summed E-state index contributed by atoms with van der Waals surface area (Å²) in [4.78, 5) is 22.8. The molecule has 2 aromatic heterocycles. The van der Waals surface area contributed by atoms with E-state index < -0.39 is 17.8 Å². The van der Waals surface area contributed by atoms with Crippen LogP contribution in [0.4, 0.5) is 13.2 Å². The van der Waals surface area contributed by atoms with E-state index in [2.05, 4.69) is 15.1 Å². The van der Waals surface area contributed by atoms with E-state index in [4.69, 9.17) is 4.74 Å². The number of amides is 1. The Morgan fingerprint density at radius 2 is 1.88 bits per heavy atom. The number of hydrogen-bond acceptors (Lipinski definition) is 5. The predicted molar refractivity (Wildman–Crippen MR) is 116 cm³/mol. The number of benzene rings is 2. The molecule has 0 spiro atoms. The van der Waals surface area contributed by atoms with Crippen molar-refractivity contribution >= 4 is 5.91 Å². The highest BCUT2D eigenvalue weighted by atomic mass is 19.3. The molecular formula is C24H18F3N5O2. The maximum absolute atomic E-state index is 14.3. The molecule has 4 aromatic rings. The van der Waals surface area contributed by atoms with Gasteiger partial charge in [0.25, 0.3) is 12.3 Å². The van der Waals surface area contributed by atoms with Gasteiger partial charge in [-0.25, -0.2) is 23.1 Å². The Kier molecular flexibility index (Phi) is 5.48. The molecule has 2 aromatic carbocycles. The number of aryl methyl sites for hydroxylation is 1. The van der Waals surface area contributed by atoms with Crippen molar-refractivity contribution in [2.45, 2.75) is 19.5 Å². The van der Waals surface area contributed by atoms with E-state index >= 15 is 0 Å². The highest BCUT2D eigenvalue weighted by molar-refractivity contribution is 5.99. The summed E-state index contributed by atoms with van der Waals surface area (Å²) in [5.41, 5.74) is 2.83. The normalized spacial score (nSPS) is 13.0. The van der Waals surface area contributed by atoms with Crippen molar-refractivity contribution in [2.24, 2.45) is 7.05 Å². The summed E-state index contributed by atoms with van der Waals surface area (Å²) in [6.45, 7) is 0.566. The first-order valence-electron chi connectivity index (χ1n) is 10.4. The lowest BCUT2D eigenvalue weighted by Crippen LogP contribution is -2.23. The summed E-state index contributed by atoms with van der Waals surface area (Å²) in [5, 5.41) is 4.38. The van der Waals surface area contributed by atoms with E-state index in [-0.39, 0.29) is 29.6 Å². The number of rotatable bonds is 6. The van der Waals surface area contributed by atoms with Crippen molar-refractivity contribution in [1.29, 1.82) is 0 Å². The van der Waals surface area contributed by atoms with Gasteiger partial charge in [-0.1, -0.05) is 24.3 Å². The van der Waals surface area contributed by atoms with Crippen LogP contribution in [-0.2, 0) is 20.1 Å². The van der Waals surface area contributed by atoms with Gasteiger partial charge >= 0.3 is 0 Å². The molecule has 0 radical (unpaired) electrons. The van der Waals surface area contributed by atoms with E-state index in [1.54, 1.807) is 9.58 Å². The molecular weight excluding hydrogens is 447 g/mol.